The molecule has 5 rings (SSSR count). The Balaban J connectivity index is 1.51. The maximum absolute atomic E-state index is 13.2. The molecule has 4 heterocycles. The molecule has 2 atom stereocenters. The number of nitrogens with one attached hydrogen (secondary N) is 2. The number of pyridine rings is 1. The topological polar surface area (TPSA) is 62.4 Å². The van der Waals surface area contributed by atoms with Crippen LogP contribution in [0.3, 0.4) is 0 Å². The number of aromatic nitrogens is 2. The monoisotopic (exact) mass is 418 g/mol. The van der Waals surface area contributed by atoms with Crippen LogP contribution in [-0.4, -0.2) is 53.8 Å². The van der Waals surface area contributed by atoms with E-state index in [0.29, 0.717) is 23.3 Å². The molecule has 1 saturated heterocycles. The average Bonchev–Trinajstić information content (AvgIpc) is 3.14. The first-order valence-corrected chi connectivity index (χ1v) is 9.74. The van der Waals surface area contributed by atoms with Crippen molar-refractivity contribution in [1.82, 2.24) is 14.9 Å². The second kappa shape index (κ2) is 7.17. The average molecular weight is 418 g/mol. The molecule has 0 spiro atoms. The van der Waals surface area contributed by atoms with Crippen molar-refractivity contribution in [3.05, 3.63) is 53.9 Å². The lowest BCUT2D eigenvalue weighted by atomic mass is 9.92. The van der Waals surface area contributed by atoms with Crippen molar-refractivity contribution in [2.45, 2.75) is 24.4 Å². The highest BCUT2D eigenvalue weighted by molar-refractivity contribution is 5.90. The summed E-state index contributed by atoms with van der Waals surface area (Å²) < 4.78 is 51.0. The van der Waals surface area contributed by atoms with Crippen LogP contribution in [0.15, 0.2) is 42.6 Å². The molecule has 1 aromatic carbocycles. The zero-order chi connectivity index (χ0) is 20.9. The summed E-state index contributed by atoms with van der Waals surface area (Å²) in [5, 5.41) is 3.82. The number of likely N-dealkylation sites (tertiary alicyclic amines) is 1. The van der Waals surface area contributed by atoms with E-state index in [2.05, 4.69) is 20.2 Å². The van der Waals surface area contributed by atoms with Gasteiger partial charge in [-0.1, -0.05) is 18.2 Å². The Hall–Kier alpha value is -2.78. The minimum absolute atomic E-state index is 0.00406. The van der Waals surface area contributed by atoms with Crippen LogP contribution in [0.5, 0.6) is 5.75 Å². The van der Waals surface area contributed by atoms with E-state index in [0.717, 1.165) is 30.5 Å². The lowest BCUT2D eigenvalue weighted by Gasteiger charge is -2.48. The number of fused-ring (bicyclic) bond motifs is 2. The van der Waals surface area contributed by atoms with Gasteiger partial charge in [-0.2, -0.15) is 13.2 Å². The highest BCUT2D eigenvalue weighted by atomic mass is 19.4. The largest absolute Gasteiger partial charge is 0.491 e. The third-order valence-electron chi connectivity index (χ3n) is 5.87. The molecule has 158 valence electrons. The van der Waals surface area contributed by atoms with Crippen molar-refractivity contribution in [3.63, 3.8) is 0 Å². The predicted molar refractivity (Wildman–Crippen MR) is 106 cm³/mol. The van der Waals surface area contributed by atoms with Gasteiger partial charge in [0.15, 0.2) is 0 Å². The summed E-state index contributed by atoms with van der Waals surface area (Å²) in [4.78, 5) is 9.07. The van der Waals surface area contributed by atoms with Crippen molar-refractivity contribution in [3.8, 4) is 5.75 Å². The Morgan fingerprint density at radius 2 is 2.03 bits per heavy atom. The fraction of sp³-hybridized carbons (Fsp3) is 0.381. The highest BCUT2D eigenvalue weighted by Crippen LogP contribution is 2.39. The number of nitrogens with zero attached hydrogens (tertiary/aromatic N) is 2. The Morgan fingerprint density at radius 1 is 1.23 bits per heavy atom. The second-order valence-electron chi connectivity index (χ2n) is 7.65. The number of para-hydroxylation sites is 1. The van der Waals surface area contributed by atoms with Gasteiger partial charge in [0.05, 0.1) is 23.7 Å². The molecular formula is C21H21F3N4O2. The summed E-state index contributed by atoms with van der Waals surface area (Å²) in [6, 6.07) is 10.2. The molecule has 2 N–H and O–H groups in total. The summed E-state index contributed by atoms with van der Waals surface area (Å²) in [5.41, 5.74) is 0.559. The van der Waals surface area contributed by atoms with E-state index in [1.807, 2.05) is 24.3 Å². The first-order chi connectivity index (χ1) is 14.4. The van der Waals surface area contributed by atoms with E-state index in [1.54, 1.807) is 13.2 Å². The van der Waals surface area contributed by atoms with Gasteiger partial charge in [-0.25, -0.2) is 4.98 Å². The first kappa shape index (κ1) is 19.2. The fourth-order valence-corrected chi connectivity index (χ4v) is 4.20. The first-order valence-electron chi connectivity index (χ1n) is 9.74. The molecule has 0 amide bonds. The van der Waals surface area contributed by atoms with Crippen molar-refractivity contribution in [2.24, 2.45) is 0 Å². The van der Waals surface area contributed by atoms with E-state index in [9.17, 15) is 13.2 Å². The number of halogens is 3. The molecule has 0 radical (unpaired) electrons. The number of rotatable bonds is 4. The summed E-state index contributed by atoms with van der Waals surface area (Å²) in [7, 11) is 1.69. The maximum Gasteiger partial charge on any atom is 0.431 e. The van der Waals surface area contributed by atoms with E-state index < -0.39 is 11.9 Å². The van der Waals surface area contributed by atoms with Crippen molar-refractivity contribution in [1.29, 1.82) is 0 Å². The number of hydrogen-bond donors (Lipinski definition) is 2. The van der Waals surface area contributed by atoms with Gasteiger partial charge in [-0.15, -0.1) is 0 Å². The summed E-state index contributed by atoms with van der Waals surface area (Å²) in [6.45, 7) is 2.04. The van der Waals surface area contributed by atoms with Gasteiger partial charge in [-0.3, -0.25) is 4.90 Å². The SMILES string of the molecule is COC1CN([C@H]2COc3ccccc3[C@@H]2Nc2nccc3[nH]c(C(F)(F)F)cc23)C1. The number of hydrogen-bond acceptors (Lipinski definition) is 5. The molecular weight excluding hydrogens is 397 g/mol. The number of H-pyrrole nitrogens is 1. The smallest absolute Gasteiger partial charge is 0.431 e. The van der Waals surface area contributed by atoms with Crippen molar-refractivity contribution >= 4 is 16.7 Å². The molecule has 9 heteroatoms. The molecule has 1 fully saturated rings. The van der Waals surface area contributed by atoms with Crippen molar-refractivity contribution in [2.75, 3.05) is 32.1 Å². The van der Waals surface area contributed by atoms with Gasteiger partial charge in [-0.05, 0) is 18.2 Å². The number of aromatic amines is 1. The second-order valence-corrected chi connectivity index (χ2v) is 7.65. The van der Waals surface area contributed by atoms with Crippen LogP contribution in [0.25, 0.3) is 10.9 Å². The van der Waals surface area contributed by atoms with E-state index >= 15 is 0 Å². The lowest BCUT2D eigenvalue weighted by Crippen LogP contribution is -2.60. The number of benzene rings is 1. The van der Waals surface area contributed by atoms with Gasteiger partial charge >= 0.3 is 6.18 Å². The fourth-order valence-electron chi connectivity index (χ4n) is 4.20. The van der Waals surface area contributed by atoms with Crippen LogP contribution >= 0.6 is 0 Å². The molecule has 2 aromatic heterocycles. The Labute approximate surface area is 171 Å². The Morgan fingerprint density at radius 3 is 2.80 bits per heavy atom. The van der Waals surface area contributed by atoms with Gasteiger partial charge in [0.25, 0.3) is 0 Å². The van der Waals surface area contributed by atoms with Crippen LogP contribution in [0.2, 0.25) is 0 Å². The minimum atomic E-state index is -4.45. The van der Waals surface area contributed by atoms with Crippen LogP contribution in [0.4, 0.5) is 19.0 Å². The van der Waals surface area contributed by atoms with Gasteiger partial charge in [0, 0.05) is 37.3 Å². The molecule has 0 bridgehead atoms. The molecule has 30 heavy (non-hydrogen) atoms. The third kappa shape index (κ3) is 3.27. The predicted octanol–water partition coefficient (Wildman–Crippen LogP) is 3.83. The van der Waals surface area contributed by atoms with Crippen LogP contribution in [-0.2, 0) is 10.9 Å². The molecule has 0 unspecified atom stereocenters. The zero-order valence-electron chi connectivity index (χ0n) is 16.2. The van der Waals surface area contributed by atoms with Crippen LogP contribution < -0.4 is 10.1 Å². The normalized spacial score (nSPS) is 22.4. The van der Waals surface area contributed by atoms with Gasteiger partial charge < -0.3 is 19.8 Å². The number of ether oxygens (including phenoxy) is 2. The summed E-state index contributed by atoms with van der Waals surface area (Å²) in [5.74, 6) is 1.18. The van der Waals surface area contributed by atoms with Crippen LogP contribution in [0, 0.1) is 0 Å². The van der Waals surface area contributed by atoms with E-state index in [1.165, 1.54) is 6.20 Å². The third-order valence-corrected chi connectivity index (χ3v) is 5.87. The molecule has 3 aromatic rings. The highest BCUT2D eigenvalue weighted by Gasteiger charge is 2.41. The minimum Gasteiger partial charge on any atom is -0.491 e. The molecule has 0 aliphatic carbocycles. The van der Waals surface area contributed by atoms with Gasteiger partial charge in [0.1, 0.15) is 23.9 Å². The molecule has 6 nitrogen and oxygen atoms in total. The molecule has 2 aliphatic rings. The molecule has 0 saturated carbocycles. The number of methoxy groups -OCH3 is 1. The Kier molecular flexibility index (Phi) is 4.59. The summed E-state index contributed by atoms with van der Waals surface area (Å²) >= 11 is 0. The van der Waals surface area contributed by atoms with Gasteiger partial charge in [0.2, 0.25) is 0 Å². The number of anilines is 1. The van der Waals surface area contributed by atoms with Crippen molar-refractivity contribution < 1.29 is 22.6 Å². The standard InChI is InChI=1S/C21H21F3N4O2/c1-29-12-9-28(10-12)16-11-30-17-5-3-2-4-13(17)19(16)27-20-14-8-18(21(22,23)24)26-15(14)6-7-25-20/h2-8,12,16,19,26H,9-11H2,1H3,(H,25,27)/t16-,19-/m0/s1. The Bertz CT molecular complexity index is 1060. The maximum atomic E-state index is 13.2. The summed E-state index contributed by atoms with van der Waals surface area (Å²) in [6.07, 6.45) is -2.76. The van der Waals surface area contributed by atoms with E-state index in [4.69, 9.17) is 9.47 Å². The lowest BCUT2D eigenvalue weighted by molar-refractivity contribution is -0.140. The van der Waals surface area contributed by atoms with E-state index in [-0.39, 0.29) is 18.2 Å². The van der Waals surface area contributed by atoms with Crippen LogP contribution in [0.1, 0.15) is 17.3 Å². The number of alkyl halides is 3. The molecule has 2 aliphatic heterocycles. The quantitative estimate of drug-likeness (QED) is 0.675. The zero-order valence-corrected chi connectivity index (χ0v) is 16.2.